The summed E-state index contributed by atoms with van der Waals surface area (Å²) in [4.78, 5) is 19.7. The van der Waals surface area contributed by atoms with Gasteiger partial charge in [-0.1, -0.05) is 18.2 Å². The van der Waals surface area contributed by atoms with Crippen LogP contribution >= 0.6 is 0 Å². The second-order valence-electron chi connectivity index (χ2n) is 4.55. The summed E-state index contributed by atoms with van der Waals surface area (Å²) in [7, 11) is 0. The van der Waals surface area contributed by atoms with Gasteiger partial charge in [0.2, 0.25) is 0 Å². The van der Waals surface area contributed by atoms with Crippen LogP contribution in [0, 0.1) is 0 Å². The van der Waals surface area contributed by atoms with Crippen LogP contribution in [0.5, 0.6) is 5.75 Å². The Morgan fingerprint density at radius 3 is 2.95 bits per heavy atom. The van der Waals surface area contributed by atoms with Gasteiger partial charge < -0.3 is 15.8 Å². The number of nitrogen functional groups attached to an aromatic ring is 1. The molecule has 0 fully saturated rings. The van der Waals surface area contributed by atoms with E-state index in [0.29, 0.717) is 6.54 Å². The van der Waals surface area contributed by atoms with E-state index in [-0.39, 0.29) is 23.5 Å². The van der Waals surface area contributed by atoms with Gasteiger partial charge in [0.05, 0.1) is 6.54 Å². The van der Waals surface area contributed by atoms with E-state index in [2.05, 4.69) is 15.3 Å². The second kappa shape index (κ2) is 5.16. The molecule has 0 radical (unpaired) electrons. The molecule has 20 heavy (non-hydrogen) atoms. The Morgan fingerprint density at radius 2 is 2.15 bits per heavy atom. The number of anilines is 1. The summed E-state index contributed by atoms with van der Waals surface area (Å²) in [6.07, 6.45) is 3.61. The van der Waals surface area contributed by atoms with Crippen molar-refractivity contribution in [3.05, 3.63) is 47.9 Å². The minimum atomic E-state index is -0.338. The Kier molecular flexibility index (Phi) is 3.20. The average molecular weight is 270 g/mol. The van der Waals surface area contributed by atoms with Crippen LogP contribution < -0.4 is 15.8 Å². The summed E-state index contributed by atoms with van der Waals surface area (Å²) in [5.74, 6) is 0.668. The molecule has 3 rings (SSSR count). The van der Waals surface area contributed by atoms with Crippen LogP contribution in [0.3, 0.4) is 0 Å². The lowest BCUT2D eigenvalue weighted by Crippen LogP contribution is -2.35. The Balaban J connectivity index is 1.59. The van der Waals surface area contributed by atoms with E-state index in [1.54, 1.807) is 0 Å². The molecule has 0 unspecified atom stereocenters. The molecule has 102 valence electrons. The maximum Gasteiger partial charge on any atom is 0.273 e. The Hall–Kier alpha value is -2.63. The zero-order valence-electron chi connectivity index (χ0n) is 10.7. The molecule has 1 aromatic carbocycles. The van der Waals surface area contributed by atoms with E-state index in [1.807, 2.05) is 24.3 Å². The maximum atomic E-state index is 11.9. The fourth-order valence-electron chi connectivity index (χ4n) is 2.18. The van der Waals surface area contributed by atoms with Crippen LogP contribution in [-0.4, -0.2) is 28.5 Å². The van der Waals surface area contributed by atoms with E-state index in [0.717, 1.165) is 17.7 Å². The van der Waals surface area contributed by atoms with Crippen LogP contribution in [0.25, 0.3) is 0 Å². The predicted octanol–water partition coefficient (Wildman–Crippen LogP) is 0.792. The first-order chi connectivity index (χ1) is 9.74. The number of nitrogens with zero attached hydrogens (tertiary/aromatic N) is 2. The maximum absolute atomic E-state index is 11.9. The largest absolute Gasteiger partial charge is 0.488 e. The average Bonchev–Trinajstić information content (AvgIpc) is 2.88. The van der Waals surface area contributed by atoms with E-state index in [4.69, 9.17) is 10.5 Å². The number of para-hydroxylation sites is 1. The highest BCUT2D eigenvalue weighted by molar-refractivity contribution is 5.96. The van der Waals surface area contributed by atoms with Crippen LogP contribution in [0.1, 0.15) is 16.1 Å². The summed E-state index contributed by atoms with van der Waals surface area (Å²) in [6, 6.07) is 7.86. The Morgan fingerprint density at radius 1 is 1.35 bits per heavy atom. The molecule has 2 heterocycles. The van der Waals surface area contributed by atoms with Crippen LogP contribution in [0.2, 0.25) is 0 Å². The highest BCUT2D eigenvalue weighted by Gasteiger charge is 2.23. The third kappa shape index (κ3) is 2.40. The molecule has 1 atom stereocenters. The summed E-state index contributed by atoms with van der Waals surface area (Å²) >= 11 is 0. The normalized spacial score (nSPS) is 16.3. The van der Waals surface area contributed by atoms with E-state index in [1.165, 1.54) is 12.4 Å². The molecule has 1 amide bonds. The van der Waals surface area contributed by atoms with Crippen LogP contribution in [-0.2, 0) is 6.42 Å². The summed E-state index contributed by atoms with van der Waals surface area (Å²) in [5.41, 5.74) is 6.91. The number of hydrogen-bond donors (Lipinski definition) is 2. The fourth-order valence-corrected chi connectivity index (χ4v) is 2.18. The van der Waals surface area contributed by atoms with Crippen molar-refractivity contribution >= 4 is 11.7 Å². The number of nitrogens with one attached hydrogen (secondary N) is 1. The molecule has 0 saturated heterocycles. The minimum Gasteiger partial charge on any atom is -0.488 e. The zero-order valence-corrected chi connectivity index (χ0v) is 10.7. The van der Waals surface area contributed by atoms with Gasteiger partial charge in [-0.15, -0.1) is 0 Å². The number of fused-ring (bicyclic) bond motifs is 1. The molecule has 0 spiro atoms. The van der Waals surface area contributed by atoms with Gasteiger partial charge in [-0.3, -0.25) is 4.79 Å². The number of carbonyl (C=O) groups excluding carboxylic acids is 1. The van der Waals surface area contributed by atoms with Crippen LogP contribution in [0.4, 0.5) is 5.82 Å². The lowest BCUT2D eigenvalue weighted by molar-refractivity contribution is 0.0929. The van der Waals surface area contributed by atoms with Crippen molar-refractivity contribution in [3.63, 3.8) is 0 Å². The Bertz CT molecular complexity index is 620. The van der Waals surface area contributed by atoms with Crippen molar-refractivity contribution in [1.82, 2.24) is 15.3 Å². The van der Waals surface area contributed by atoms with Gasteiger partial charge >= 0.3 is 0 Å². The lowest BCUT2D eigenvalue weighted by atomic mass is 10.1. The lowest BCUT2D eigenvalue weighted by Gasteiger charge is -2.12. The summed E-state index contributed by atoms with van der Waals surface area (Å²) < 4.78 is 5.74. The standard InChI is InChI=1S/C14H14N4O2/c15-13-12(16-5-6-17-13)14(19)18-8-10-7-9-3-1-2-4-11(9)20-10/h1-6,10H,7-8H2,(H2,15,17)(H,18,19)/t10-/m0/s1. The number of nitrogens with two attached hydrogens (primary N) is 1. The molecule has 2 aromatic rings. The van der Waals surface area contributed by atoms with Gasteiger partial charge in [-0.2, -0.15) is 0 Å². The van der Waals surface area contributed by atoms with E-state index < -0.39 is 0 Å². The number of amides is 1. The number of carbonyl (C=O) groups is 1. The third-order valence-corrected chi connectivity index (χ3v) is 3.15. The molecule has 0 saturated carbocycles. The quantitative estimate of drug-likeness (QED) is 0.860. The highest BCUT2D eigenvalue weighted by atomic mass is 16.5. The molecule has 6 heteroatoms. The van der Waals surface area contributed by atoms with Crippen molar-refractivity contribution in [2.24, 2.45) is 0 Å². The highest BCUT2D eigenvalue weighted by Crippen LogP contribution is 2.27. The van der Waals surface area contributed by atoms with Crippen molar-refractivity contribution in [2.75, 3.05) is 12.3 Å². The molecule has 1 aliphatic heterocycles. The van der Waals surface area contributed by atoms with Gasteiger partial charge in [0.15, 0.2) is 11.5 Å². The fraction of sp³-hybridized carbons (Fsp3) is 0.214. The number of benzene rings is 1. The van der Waals surface area contributed by atoms with Gasteiger partial charge in [-0.05, 0) is 11.6 Å². The predicted molar refractivity (Wildman–Crippen MR) is 73.3 cm³/mol. The first-order valence-corrected chi connectivity index (χ1v) is 6.33. The minimum absolute atomic E-state index is 0.0609. The molecular weight excluding hydrogens is 256 g/mol. The summed E-state index contributed by atoms with van der Waals surface area (Å²) in [6.45, 7) is 0.406. The number of rotatable bonds is 3. The number of ether oxygens (including phenoxy) is 1. The van der Waals surface area contributed by atoms with E-state index >= 15 is 0 Å². The van der Waals surface area contributed by atoms with Crippen molar-refractivity contribution in [3.8, 4) is 5.75 Å². The molecule has 6 nitrogen and oxygen atoms in total. The topological polar surface area (TPSA) is 90.1 Å². The molecule has 3 N–H and O–H groups in total. The van der Waals surface area contributed by atoms with Crippen LogP contribution in [0.15, 0.2) is 36.7 Å². The first-order valence-electron chi connectivity index (χ1n) is 6.33. The number of aromatic nitrogens is 2. The van der Waals surface area contributed by atoms with E-state index in [9.17, 15) is 4.79 Å². The molecular formula is C14H14N4O2. The van der Waals surface area contributed by atoms with Crippen molar-refractivity contribution in [1.29, 1.82) is 0 Å². The van der Waals surface area contributed by atoms with Gasteiger partial charge in [0.1, 0.15) is 11.9 Å². The smallest absolute Gasteiger partial charge is 0.273 e. The molecule has 1 aromatic heterocycles. The van der Waals surface area contributed by atoms with Crippen molar-refractivity contribution < 1.29 is 9.53 Å². The molecule has 0 bridgehead atoms. The second-order valence-corrected chi connectivity index (χ2v) is 4.55. The van der Waals surface area contributed by atoms with Gasteiger partial charge in [-0.25, -0.2) is 9.97 Å². The Labute approximate surface area is 116 Å². The monoisotopic (exact) mass is 270 g/mol. The zero-order chi connectivity index (χ0) is 13.9. The summed E-state index contributed by atoms with van der Waals surface area (Å²) in [5, 5.41) is 2.77. The third-order valence-electron chi connectivity index (χ3n) is 3.15. The first kappa shape index (κ1) is 12.4. The molecule has 0 aliphatic carbocycles. The number of hydrogen-bond acceptors (Lipinski definition) is 5. The van der Waals surface area contributed by atoms with Gasteiger partial charge in [0, 0.05) is 18.8 Å². The van der Waals surface area contributed by atoms with Gasteiger partial charge in [0.25, 0.3) is 5.91 Å². The SMILES string of the molecule is Nc1nccnc1C(=O)NC[C@@H]1Cc2ccccc2O1. The molecule has 1 aliphatic rings. The van der Waals surface area contributed by atoms with Crippen molar-refractivity contribution in [2.45, 2.75) is 12.5 Å².